The minimum atomic E-state index is -0.943. The predicted octanol–water partition coefficient (Wildman–Crippen LogP) is 3.45. The molecule has 0 amide bonds. The van der Waals surface area contributed by atoms with Gasteiger partial charge in [-0.2, -0.15) is 5.26 Å². The Morgan fingerprint density at radius 3 is 2.24 bits per heavy atom. The molecule has 1 N–H and O–H groups in total. The second-order valence-electron chi connectivity index (χ2n) is 4.84. The lowest BCUT2D eigenvalue weighted by molar-refractivity contribution is 0.0697. The third-order valence-electron chi connectivity index (χ3n) is 3.17. The van der Waals surface area contributed by atoms with Crippen LogP contribution in [-0.4, -0.2) is 11.1 Å². The molecular weight excluding hydrogens is 266 g/mol. The van der Waals surface area contributed by atoms with Gasteiger partial charge < -0.3 is 9.84 Å². The van der Waals surface area contributed by atoms with Gasteiger partial charge in [-0.1, -0.05) is 12.1 Å². The molecule has 4 nitrogen and oxygen atoms in total. The first-order valence-electron chi connectivity index (χ1n) is 6.47. The quantitative estimate of drug-likeness (QED) is 0.931. The molecule has 2 aromatic rings. The van der Waals surface area contributed by atoms with Gasteiger partial charge >= 0.3 is 5.97 Å². The number of hydrogen-bond acceptors (Lipinski definition) is 3. The van der Waals surface area contributed by atoms with E-state index in [1.54, 1.807) is 36.4 Å². The van der Waals surface area contributed by atoms with Crippen LogP contribution in [0.15, 0.2) is 36.4 Å². The molecule has 21 heavy (non-hydrogen) atoms. The van der Waals surface area contributed by atoms with Crippen LogP contribution in [0.1, 0.15) is 32.6 Å². The molecule has 2 rings (SSSR count). The maximum atomic E-state index is 10.8. The first-order valence-corrected chi connectivity index (χ1v) is 6.47. The van der Waals surface area contributed by atoms with E-state index < -0.39 is 5.97 Å². The van der Waals surface area contributed by atoms with Crippen molar-refractivity contribution >= 4 is 5.97 Å². The van der Waals surface area contributed by atoms with Crippen molar-refractivity contribution in [1.82, 2.24) is 0 Å². The lowest BCUT2D eigenvalue weighted by atomic mass is 10.1. The van der Waals surface area contributed by atoms with E-state index in [0.717, 1.165) is 22.4 Å². The van der Waals surface area contributed by atoms with Crippen LogP contribution in [0.5, 0.6) is 5.75 Å². The van der Waals surface area contributed by atoms with Crippen LogP contribution in [0.3, 0.4) is 0 Å². The molecule has 0 aliphatic carbocycles. The topological polar surface area (TPSA) is 70.3 Å². The van der Waals surface area contributed by atoms with Gasteiger partial charge in [0.2, 0.25) is 0 Å². The number of aryl methyl sites for hydroxylation is 2. The zero-order chi connectivity index (χ0) is 15.4. The summed E-state index contributed by atoms with van der Waals surface area (Å²) in [5.74, 6) is -0.183. The number of hydrogen-bond donors (Lipinski definition) is 1. The van der Waals surface area contributed by atoms with Gasteiger partial charge in [0, 0.05) is 0 Å². The molecule has 0 aliphatic rings. The zero-order valence-electron chi connectivity index (χ0n) is 11.9. The van der Waals surface area contributed by atoms with Crippen LogP contribution in [0.25, 0.3) is 0 Å². The standard InChI is InChI=1S/C17H15NO3/c1-11-7-14(9-18)8-12(2)16(11)21-10-13-3-5-15(6-4-13)17(19)20/h3-8H,10H2,1-2H3,(H,19,20). The molecule has 2 aromatic carbocycles. The Morgan fingerprint density at radius 1 is 1.19 bits per heavy atom. The summed E-state index contributed by atoms with van der Waals surface area (Å²) in [5, 5.41) is 17.8. The van der Waals surface area contributed by atoms with Crippen molar-refractivity contribution in [2.75, 3.05) is 0 Å². The highest BCUT2D eigenvalue weighted by molar-refractivity contribution is 5.87. The van der Waals surface area contributed by atoms with Gasteiger partial charge in [0.05, 0.1) is 17.2 Å². The average Bonchev–Trinajstić information content (AvgIpc) is 2.46. The first-order chi connectivity index (χ1) is 10.0. The lowest BCUT2D eigenvalue weighted by Gasteiger charge is -2.12. The molecule has 0 radical (unpaired) electrons. The molecule has 4 heteroatoms. The maximum Gasteiger partial charge on any atom is 0.335 e. The number of carbonyl (C=O) groups is 1. The predicted molar refractivity (Wildman–Crippen MR) is 78.4 cm³/mol. The fourth-order valence-electron chi connectivity index (χ4n) is 2.14. The molecule has 0 bridgehead atoms. The minimum absolute atomic E-state index is 0.254. The molecule has 0 heterocycles. The van der Waals surface area contributed by atoms with Crippen molar-refractivity contribution in [3.8, 4) is 11.8 Å². The minimum Gasteiger partial charge on any atom is -0.488 e. The molecule has 106 valence electrons. The van der Waals surface area contributed by atoms with Crippen molar-refractivity contribution in [3.05, 3.63) is 64.2 Å². The van der Waals surface area contributed by atoms with Crippen molar-refractivity contribution in [2.45, 2.75) is 20.5 Å². The average molecular weight is 281 g/mol. The Morgan fingerprint density at radius 2 is 1.76 bits per heavy atom. The Kier molecular flexibility index (Phi) is 4.24. The van der Waals surface area contributed by atoms with E-state index in [1.165, 1.54) is 0 Å². The molecule has 0 saturated heterocycles. The third-order valence-corrected chi connectivity index (χ3v) is 3.17. The van der Waals surface area contributed by atoms with E-state index >= 15 is 0 Å². The number of aromatic carboxylic acids is 1. The van der Waals surface area contributed by atoms with Crippen LogP contribution in [0, 0.1) is 25.2 Å². The highest BCUT2D eigenvalue weighted by atomic mass is 16.5. The van der Waals surface area contributed by atoms with Gasteiger partial charge in [-0.25, -0.2) is 4.79 Å². The highest BCUT2D eigenvalue weighted by Gasteiger charge is 2.07. The zero-order valence-corrected chi connectivity index (χ0v) is 11.9. The van der Waals surface area contributed by atoms with E-state index in [2.05, 4.69) is 6.07 Å². The molecule has 0 aliphatic heterocycles. The number of benzene rings is 2. The SMILES string of the molecule is Cc1cc(C#N)cc(C)c1OCc1ccc(C(=O)O)cc1. The summed E-state index contributed by atoms with van der Waals surface area (Å²) in [6.07, 6.45) is 0. The summed E-state index contributed by atoms with van der Waals surface area (Å²) in [4.78, 5) is 10.8. The van der Waals surface area contributed by atoms with Gasteiger partial charge in [-0.05, 0) is 54.8 Å². The lowest BCUT2D eigenvalue weighted by Crippen LogP contribution is -2.01. The monoisotopic (exact) mass is 281 g/mol. The van der Waals surface area contributed by atoms with E-state index in [9.17, 15) is 4.79 Å². The van der Waals surface area contributed by atoms with Crippen molar-refractivity contribution < 1.29 is 14.6 Å². The first kappa shape index (κ1) is 14.6. The Bertz CT molecular complexity index is 689. The fraction of sp³-hybridized carbons (Fsp3) is 0.176. The second-order valence-corrected chi connectivity index (χ2v) is 4.84. The maximum absolute atomic E-state index is 10.8. The molecule has 0 atom stereocenters. The van der Waals surface area contributed by atoms with Crippen molar-refractivity contribution in [2.24, 2.45) is 0 Å². The number of carboxylic acid groups (broad SMARTS) is 1. The van der Waals surface area contributed by atoms with Crippen LogP contribution in [0.2, 0.25) is 0 Å². The van der Waals surface area contributed by atoms with Crippen LogP contribution in [0.4, 0.5) is 0 Å². The summed E-state index contributed by atoms with van der Waals surface area (Å²) in [5.41, 5.74) is 3.58. The third kappa shape index (κ3) is 3.40. The van der Waals surface area contributed by atoms with Crippen molar-refractivity contribution in [1.29, 1.82) is 5.26 Å². The van der Waals surface area contributed by atoms with Crippen molar-refractivity contribution in [3.63, 3.8) is 0 Å². The van der Waals surface area contributed by atoms with Gasteiger partial charge in [0.25, 0.3) is 0 Å². The Labute approximate surface area is 123 Å². The number of nitriles is 1. The number of carboxylic acids is 1. The summed E-state index contributed by atoms with van der Waals surface area (Å²) in [7, 11) is 0. The second kappa shape index (κ2) is 6.10. The van der Waals surface area contributed by atoms with Gasteiger partial charge in [-0.15, -0.1) is 0 Å². The van der Waals surface area contributed by atoms with Gasteiger partial charge in [-0.3, -0.25) is 0 Å². The van der Waals surface area contributed by atoms with Crippen LogP contribution >= 0.6 is 0 Å². The summed E-state index contributed by atoms with van der Waals surface area (Å²) >= 11 is 0. The smallest absolute Gasteiger partial charge is 0.335 e. The molecule has 0 aromatic heterocycles. The number of rotatable bonds is 4. The normalized spacial score (nSPS) is 9.95. The molecular formula is C17H15NO3. The van der Waals surface area contributed by atoms with Gasteiger partial charge in [0.1, 0.15) is 12.4 Å². The molecule has 0 fully saturated rings. The van der Waals surface area contributed by atoms with E-state index in [1.807, 2.05) is 13.8 Å². The van der Waals surface area contributed by atoms with E-state index in [-0.39, 0.29) is 5.56 Å². The summed E-state index contributed by atoms with van der Waals surface area (Å²) in [6.45, 7) is 4.15. The van der Waals surface area contributed by atoms with E-state index in [4.69, 9.17) is 15.1 Å². The number of nitrogens with zero attached hydrogens (tertiary/aromatic N) is 1. The highest BCUT2D eigenvalue weighted by Crippen LogP contribution is 2.25. The molecule has 0 spiro atoms. The van der Waals surface area contributed by atoms with Gasteiger partial charge in [0.15, 0.2) is 0 Å². The molecule has 0 unspecified atom stereocenters. The largest absolute Gasteiger partial charge is 0.488 e. The summed E-state index contributed by atoms with van der Waals surface area (Å²) in [6, 6.07) is 12.3. The van der Waals surface area contributed by atoms with Crippen LogP contribution < -0.4 is 4.74 Å². The summed E-state index contributed by atoms with van der Waals surface area (Å²) < 4.78 is 5.80. The van der Waals surface area contributed by atoms with E-state index in [0.29, 0.717) is 12.2 Å². The Balaban J connectivity index is 2.13. The molecule has 0 saturated carbocycles. The Hall–Kier alpha value is -2.80. The number of ether oxygens (including phenoxy) is 1. The van der Waals surface area contributed by atoms with Crippen LogP contribution in [-0.2, 0) is 6.61 Å². The fourth-order valence-corrected chi connectivity index (χ4v) is 2.14.